The predicted octanol–water partition coefficient (Wildman–Crippen LogP) is 4.64. The summed E-state index contributed by atoms with van der Waals surface area (Å²) in [5, 5.41) is 3.16. The van der Waals surface area contributed by atoms with Gasteiger partial charge in [0.15, 0.2) is 0 Å². The zero-order chi connectivity index (χ0) is 20.1. The van der Waals surface area contributed by atoms with Crippen LogP contribution in [0.25, 0.3) is 0 Å². The Morgan fingerprint density at radius 2 is 1.64 bits per heavy atom. The van der Waals surface area contributed by atoms with Crippen molar-refractivity contribution in [1.29, 1.82) is 0 Å². The number of ether oxygens (including phenoxy) is 1. The molecule has 0 saturated carbocycles. The Bertz CT molecular complexity index is 1050. The first-order valence-corrected chi connectivity index (χ1v) is 10.4. The van der Waals surface area contributed by atoms with Gasteiger partial charge in [-0.3, -0.25) is 4.72 Å². The smallest absolute Gasteiger partial charge is 0.261 e. The highest BCUT2D eigenvalue weighted by molar-refractivity contribution is 7.92. The van der Waals surface area contributed by atoms with Crippen LogP contribution in [0.4, 0.5) is 17.2 Å². The summed E-state index contributed by atoms with van der Waals surface area (Å²) < 4.78 is 33.1. The highest BCUT2D eigenvalue weighted by Gasteiger charge is 2.15. The van der Waals surface area contributed by atoms with Gasteiger partial charge in [0.1, 0.15) is 11.6 Å². The van der Waals surface area contributed by atoms with Crippen LogP contribution in [0.1, 0.15) is 18.1 Å². The summed E-state index contributed by atoms with van der Waals surface area (Å²) in [6, 6.07) is 16.0. The molecule has 146 valence electrons. The zero-order valence-corrected chi connectivity index (χ0v) is 16.9. The Kier molecular flexibility index (Phi) is 5.84. The van der Waals surface area contributed by atoms with Gasteiger partial charge >= 0.3 is 0 Å². The SMILES string of the molecule is CCOc1ccc(Nc2ccc(NS(=O)(=O)c3ccc(C)c(C)c3)cn2)cc1. The van der Waals surface area contributed by atoms with E-state index in [1.165, 1.54) is 6.20 Å². The maximum Gasteiger partial charge on any atom is 0.261 e. The van der Waals surface area contributed by atoms with Crippen molar-refractivity contribution in [2.24, 2.45) is 0 Å². The van der Waals surface area contributed by atoms with E-state index in [1.54, 1.807) is 30.3 Å². The van der Waals surface area contributed by atoms with E-state index in [4.69, 9.17) is 4.74 Å². The molecule has 0 bridgehead atoms. The highest BCUT2D eigenvalue weighted by Crippen LogP contribution is 2.22. The zero-order valence-electron chi connectivity index (χ0n) is 16.1. The molecule has 0 aliphatic heterocycles. The number of nitrogens with zero attached hydrogens (tertiary/aromatic N) is 1. The number of benzene rings is 2. The van der Waals surface area contributed by atoms with Gasteiger partial charge in [0.2, 0.25) is 0 Å². The lowest BCUT2D eigenvalue weighted by molar-refractivity contribution is 0.340. The summed E-state index contributed by atoms with van der Waals surface area (Å²) in [4.78, 5) is 4.50. The van der Waals surface area contributed by atoms with E-state index in [-0.39, 0.29) is 4.90 Å². The predicted molar refractivity (Wildman–Crippen MR) is 112 cm³/mol. The van der Waals surface area contributed by atoms with E-state index in [0.29, 0.717) is 18.1 Å². The van der Waals surface area contributed by atoms with Crippen molar-refractivity contribution in [1.82, 2.24) is 4.98 Å². The minimum absolute atomic E-state index is 0.229. The van der Waals surface area contributed by atoms with Crippen molar-refractivity contribution in [2.75, 3.05) is 16.6 Å². The second-order valence-corrected chi connectivity index (χ2v) is 8.05. The molecule has 2 N–H and O–H groups in total. The van der Waals surface area contributed by atoms with Gasteiger partial charge in [0.05, 0.1) is 23.4 Å². The van der Waals surface area contributed by atoms with Gasteiger partial charge in [0.25, 0.3) is 10.0 Å². The molecule has 0 spiro atoms. The summed E-state index contributed by atoms with van der Waals surface area (Å²) >= 11 is 0. The maximum atomic E-state index is 12.6. The van der Waals surface area contributed by atoms with E-state index in [2.05, 4.69) is 15.0 Å². The number of rotatable bonds is 7. The lowest BCUT2D eigenvalue weighted by atomic mass is 10.1. The molecule has 0 saturated heterocycles. The largest absolute Gasteiger partial charge is 0.494 e. The summed E-state index contributed by atoms with van der Waals surface area (Å²) in [6.45, 7) is 6.39. The van der Waals surface area contributed by atoms with Crippen LogP contribution in [0.2, 0.25) is 0 Å². The Balaban J connectivity index is 1.69. The lowest BCUT2D eigenvalue weighted by Gasteiger charge is -2.11. The first-order valence-electron chi connectivity index (χ1n) is 8.93. The van der Waals surface area contributed by atoms with Crippen molar-refractivity contribution >= 4 is 27.2 Å². The Hall–Kier alpha value is -3.06. The maximum absolute atomic E-state index is 12.6. The molecule has 0 radical (unpaired) electrons. The Morgan fingerprint density at radius 3 is 2.25 bits per heavy atom. The summed E-state index contributed by atoms with van der Waals surface area (Å²) in [6.07, 6.45) is 1.48. The average Bonchev–Trinajstić information content (AvgIpc) is 2.67. The number of hydrogen-bond acceptors (Lipinski definition) is 5. The van der Waals surface area contributed by atoms with Crippen LogP contribution in [0, 0.1) is 13.8 Å². The molecule has 7 heteroatoms. The average molecular weight is 398 g/mol. The third-order valence-corrected chi connectivity index (χ3v) is 5.62. The fourth-order valence-corrected chi connectivity index (χ4v) is 3.70. The Labute approximate surface area is 165 Å². The molecule has 0 fully saturated rings. The third kappa shape index (κ3) is 4.80. The van der Waals surface area contributed by atoms with Gasteiger partial charge in [0, 0.05) is 5.69 Å². The molecule has 3 rings (SSSR count). The van der Waals surface area contributed by atoms with Gasteiger partial charge in [-0.25, -0.2) is 13.4 Å². The topological polar surface area (TPSA) is 80.3 Å². The molecule has 28 heavy (non-hydrogen) atoms. The van der Waals surface area contributed by atoms with Crippen LogP contribution < -0.4 is 14.8 Å². The number of sulfonamides is 1. The molecule has 0 atom stereocenters. The molecule has 2 aromatic carbocycles. The van der Waals surface area contributed by atoms with Crippen molar-refractivity contribution < 1.29 is 13.2 Å². The van der Waals surface area contributed by atoms with E-state index in [1.807, 2.05) is 45.0 Å². The summed E-state index contributed by atoms with van der Waals surface area (Å²) in [5.41, 5.74) is 3.23. The van der Waals surface area contributed by atoms with Crippen LogP contribution in [0.15, 0.2) is 65.7 Å². The molecular formula is C21H23N3O3S. The van der Waals surface area contributed by atoms with Crippen LogP contribution in [-0.4, -0.2) is 20.0 Å². The van der Waals surface area contributed by atoms with Gasteiger partial charge < -0.3 is 10.1 Å². The molecule has 0 unspecified atom stereocenters. The van der Waals surface area contributed by atoms with Crippen LogP contribution in [0.3, 0.4) is 0 Å². The standard InChI is InChI=1S/C21H23N3O3S/c1-4-27-19-9-6-17(7-10-19)23-21-12-8-18(14-22-21)24-28(25,26)20-11-5-15(2)16(3)13-20/h5-14,24H,4H2,1-3H3,(H,22,23). The van der Waals surface area contributed by atoms with Crippen molar-refractivity contribution in [3.63, 3.8) is 0 Å². The fraction of sp³-hybridized carbons (Fsp3) is 0.190. The van der Waals surface area contributed by atoms with E-state index >= 15 is 0 Å². The number of anilines is 3. The van der Waals surface area contributed by atoms with Crippen molar-refractivity contribution in [2.45, 2.75) is 25.7 Å². The number of hydrogen-bond donors (Lipinski definition) is 2. The number of aromatic nitrogens is 1. The van der Waals surface area contributed by atoms with Gasteiger partial charge in [-0.15, -0.1) is 0 Å². The molecule has 0 aliphatic rings. The second kappa shape index (κ2) is 8.31. The first-order chi connectivity index (χ1) is 13.4. The molecule has 1 heterocycles. The van der Waals surface area contributed by atoms with Crippen LogP contribution in [0.5, 0.6) is 5.75 Å². The number of nitrogens with one attached hydrogen (secondary N) is 2. The Morgan fingerprint density at radius 1 is 0.929 bits per heavy atom. The van der Waals surface area contributed by atoms with E-state index < -0.39 is 10.0 Å². The van der Waals surface area contributed by atoms with E-state index in [9.17, 15) is 8.42 Å². The second-order valence-electron chi connectivity index (χ2n) is 6.37. The molecule has 0 amide bonds. The van der Waals surface area contributed by atoms with Gasteiger partial charge in [-0.2, -0.15) is 0 Å². The number of aryl methyl sites for hydroxylation is 2. The minimum atomic E-state index is -3.66. The normalized spacial score (nSPS) is 11.1. The lowest BCUT2D eigenvalue weighted by Crippen LogP contribution is -2.13. The summed E-state index contributed by atoms with van der Waals surface area (Å²) in [7, 11) is -3.66. The minimum Gasteiger partial charge on any atom is -0.494 e. The quantitative estimate of drug-likeness (QED) is 0.607. The van der Waals surface area contributed by atoms with E-state index in [0.717, 1.165) is 22.6 Å². The van der Waals surface area contributed by atoms with Gasteiger partial charge in [-0.1, -0.05) is 6.07 Å². The molecular weight excluding hydrogens is 374 g/mol. The van der Waals surface area contributed by atoms with Crippen molar-refractivity contribution in [3.8, 4) is 5.75 Å². The molecule has 6 nitrogen and oxygen atoms in total. The number of pyridine rings is 1. The molecule has 0 aliphatic carbocycles. The van der Waals surface area contributed by atoms with Crippen LogP contribution in [-0.2, 0) is 10.0 Å². The van der Waals surface area contributed by atoms with Crippen molar-refractivity contribution in [3.05, 3.63) is 71.9 Å². The monoisotopic (exact) mass is 397 g/mol. The molecule has 1 aromatic heterocycles. The third-order valence-electron chi connectivity index (χ3n) is 4.24. The van der Waals surface area contributed by atoms with Gasteiger partial charge in [-0.05, 0) is 80.4 Å². The highest BCUT2D eigenvalue weighted by atomic mass is 32.2. The summed E-state index contributed by atoms with van der Waals surface area (Å²) in [5.74, 6) is 1.41. The fourth-order valence-electron chi connectivity index (χ4n) is 2.57. The first kappa shape index (κ1) is 19.7. The van der Waals surface area contributed by atoms with Crippen LogP contribution >= 0.6 is 0 Å². The molecule has 3 aromatic rings.